The van der Waals surface area contributed by atoms with Crippen LogP contribution in [0, 0.1) is 12.7 Å². The number of nitrogens with one attached hydrogen (secondary N) is 2. The van der Waals surface area contributed by atoms with Crippen LogP contribution >= 0.6 is 0 Å². The van der Waals surface area contributed by atoms with Crippen LogP contribution in [-0.2, 0) is 23.5 Å². The van der Waals surface area contributed by atoms with Gasteiger partial charge in [-0.25, -0.2) is 17.6 Å². The van der Waals surface area contributed by atoms with Crippen molar-refractivity contribution >= 4 is 38.1 Å². The van der Waals surface area contributed by atoms with Gasteiger partial charge >= 0.3 is 5.69 Å². The molecule has 2 heterocycles. The van der Waals surface area contributed by atoms with Gasteiger partial charge in [-0.15, -0.1) is 0 Å². The van der Waals surface area contributed by atoms with Crippen molar-refractivity contribution in [1.82, 2.24) is 13.7 Å². The van der Waals surface area contributed by atoms with Crippen LogP contribution in [0.1, 0.15) is 43.9 Å². The summed E-state index contributed by atoms with van der Waals surface area (Å²) in [7, 11) is -2.12. The minimum Gasteiger partial charge on any atom is -0.338 e. The van der Waals surface area contributed by atoms with E-state index in [2.05, 4.69) is 10.0 Å². The molecule has 2 aromatic carbocycles. The van der Waals surface area contributed by atoms with Crippen LogP contribution in [0.3, 0.4) is 0 Å². The van der Waals surface area contributed by atoms with Gasteiger partial charge in [0.2, 0.25) is 10.0 Å². The van der Waals surface area contributed by atoms with E-state index in [1.54, 1.807) is 38.1 Å². The van der Waals surface area contributed by atoms with Crippen molar-refractivity contribution in [3.05, 3.63) is 90.6 Å². The summed E-state index contributed by atoms with van der Waals surface area (Å²) >= 11 is 0. The van der Waals surface area contributed by atoms with Crippen LogP contribution < -0.4 is 26.8 Å². The molecule has 0 bridgehead atoms. The molecule has 10 nitrogen and oxygen atoms in total. The van der Waals surface area contributed by atoms with E-state index in [1.807, 2.05) is 0 Å². The Hall–Kier alpha value is -4.19. The Labute approximate surface area is 229 Å². The lowest BCUT2D eigenvalue weighted by atomic mass is 10.1. The van der Waals surface area contributed by atoms with Crippen LogP contribution in [0.25, 0.3) is 16.6 Å². The van der Waals surface area contributed by atoms with E-state index in [0.717, 1.165) is 0 Å². The fraction of sp³-hybridized carbons (Fsp3) is 0.321. The summed E-state index contributed by atoms with van der Waals surface area (Å²) in [6.07, 6.45) is 1.48. The van der Waals surface area contributed by atoms with E-state index in [9.17, 15) is 27.2 Å². The largest absolute Gasteiger partial charge is 0.338 e. The van der Waals surface area contributed by atoms with Gasteiger partial charge in [0.15, 0.2) is 0 Å². The number of sulfonamides is 1. The fourth-order valence-electron chi connectivity index (χ4n) is 4.86. The molecular weight excluding hydrogens is 537 g/mol. The molecule has 12 heteroatoms. The minimum atomic E-state index is -3.61. The molecule has 5 rings (SSSR count). The molecule has 2 aromatic heterocycles. The Morgan fingerprint density at radius 3 is 2.38 bits per heavy atom. The van der Waals surface area contributed by atoms with E-state index >= 15 is 0 Å². The number of pyridine rings is 1. The molecule has 0 amide bonds. The molecule has 4 aromatic rings. The zero-order chi connectivity index (χ0) is 28.9. The van der Waals surface area contributed by atoms with Gasteiger partial charge in [0.25, 0.3) is 11.1 Å². The van der Waals surface area contributed by atoms with Crippen LogP contribution in [0.2, 0.25) is 0 Å². The van der Waals surface area contributed by atoms with Crippen molar-refractivity contribution in [2.45, 2.75) is 46.1 Å². The molecule has 0 saturated heterocycles. The van der Waals surface area contributed by atoms with Gasteiger partial charge in [-0.2, -0.15) is 0 Å². The Balaban J connectivity index is 1.90. The van der Waals surface area contributed by atoms with Crippen molar-refractivity contribution in [2.24, 2.45) is 7.05 Å². The van der Waals surface area contributed by atoms with Gasteiger partial charge in [0.05, 0.1) is 28.3 Å². The number of anilines is 3. The lowest BCUT2D eigenvalue weighted by molar-refractivity contribution is 0.602. The summed E-state index contributed by atoms with van der Waals surface area (Å²) in [6.45, 7) is 5.00. The van der Waals surface area contributed by atoms with Crippen LogP contribution in [0.5, 0.6) is 0 Å². The van der Waals surface area contributed by atoms with Crippen LogP contribution in [0.15, 0.2) is 56.8 Å². The quantitative estimate of drug-likeness (QED) is 0.335. The number of hydrogen-bond acceptors (Lipinski definition) is 6. The van der Waals surface area contributed by atoms with E-state index in [1.165, 1.54) is 45.9 Å². The number of nitrogens with zero attached hydrogens (tertiary/aromatic N) is 3. The molecule has 1 aliphatic rings. The van der Waals surface area contributed by atoms with E-state index < -0.39 is 32.6 Å². The average Bonchev–Trinajstić information content (AvgIpc) is 3.73. The van der Waals surface area contributed by atoms with Gasteiger partial charge in [0.1, 0.15) is 17.0 Å². The molecule has 0 aliphatic heterocycles. The highest BCUT2D eigenvalue weighted by atomic mass is 32.2. The third-order valence-electron chi connectivity index (χ3n) is 7.11. The molecule has 40 heavy (non-hydrogen) atoms. The predicted molar refractivity (Wildman–Crippen MR) is 154 cm³/mol. The summed E-state index contributed by atoms with van der Waals surface area (Å²) in [6, 6.07) is 10.5. The number of hydrogen-bond donors (Lipinski definition) is 2. The van der Waals surface area contributed by atoms with Gasteiger partial charge in [0, 0.05) is 18.7 Å². The highest BCUT2D eigenvalue weighted by Crippen LogP contribution is 2.34. The second-order valence-corrected chi connectivity index (χ2v) is 12.0. The lowest BCUT2D eigenvalue weighted by Gasteiger charge is -2.21. The van der Waals surface area contributed by atoms with Crippen LogP contribution in [-0.4, -0.2) is 27.9 Å². The average molecular weight is 568 g/mol. The van der Waals surface area contributed by atoms with Crippen molar-refractivity contribution < 1.29 is 12.8 Å². The SMILES string of the molecule is CCc1c(=O)n(C)c(Nc2ccc(C)cc2F)c2c(=O)n(C3CC3)c(=O)n(-c3cccc(NS(=O)(=O)CC)c3)c12. The maximum atomic E-state index is 14.9. The Bertz CT molecular complexity index is 1960. The van der Waals surface area contributed by atoms with Gasteiger partial charge in [-0.3, -0.25) is 28.0 Å². The van der Waals surface area contributed by atoms with Gasteiger partial charge < -0.3 is 5.32 Å². The van der Waals surface area contributed by atoms with Crippen LogP contribution in [0.4, 0.5) is 21.6 Å². The number of rotatable bonds is 8. The zero-order valence-corrected chi connectivity index (χ0v) is 23.4. The summed E-state index contributed by atoms with van der Waals surface area (Å²) in [5, 5.41) is 3.01. The second kappa shape index (κ2) is 10.1. The van der Waals surface area contributed by atoms with E-state index in [4.69, 9.17) is 0 Å². The molecule has 210 valence electrons. The normalized spacial score (nSPS) is 13.5. The van der Waals surface area contributed by atoms with Gasteiger partial charge in [-0.05, 0) is 69.0 Å². The number of aromatic nitrogens is 3. The first-order valence-electron chi connectivity index (χ1n) is 13.0. The zero-order valence-electron chi connectivity index (χ0n) is 22.6. The Kier molecular flexibility index (Phi) is 6.90. The van der Waals surface area contributed by atoms with E-state index in [0.29, 0.717) is 18.4 Å². The van der Waals surface area contributed by atoms with Crippen molar-refractivity contribution in [3.63, 3.8) is 0 Å². The summed E-state index contributed by atoms with van der Waals surface area (Å²) in [5.74, 6) is -0.657. The lowest BCUT2D eigenvalue weighted by Crippen LogP contribution is -2.41. The van der Waals surface area contributed by atoms with E-state index in [-0.39, 0.29) is 57.6 Å². The maximum absolute atomic E-state index is 14.9. The third kappa shape index (κ3) is 4.72. The van der Waals surface area contributed by atoms with Crippen molar-refractivity contribution in [3.8, 4) is 5.69 Å². The van der Waals surface area contributed by atoms with Crippen molar-refractivity contribution in [2.75, 3.05) is 15.8 Å². The predicted octanol–water partition coefficient (Wildman–Crippen LogP) is 3.70. The Morgan fingerprint density at radius 2 is 1.75 bits per heavy atom. The minimum absolute atomic E-state index is 0.0518. The monoisotopic (exact) mass is 567 g/mol. The number of benzene rings is 2. The molecule has 1 saturated carbocycles. The molecule has 1 fully saturated rings. The maximum Gasteiger partial charge on any atom is 0.336 e. The first-order valence-corrected chi connectivity index (χ1v) is 14.7. The van der Waals surface area contributed by atoms with Crippen molar-refractivity contribution in [1.29, 1.82) is 0 Å². The second-order valence-electron chi connectivity index (χ2n) is 9.96. The fourth-order valence-corrected chi connectivity index (χ4v) is 5.50. The smallest absolute Gasteiger partial charge is 0.336 e. The molecule has 1 aliphatic carbocycles. The summed E-state index contributed by atoms with van der Waals surface area (Å²) in [4.78, 5) is 41.6. The molecule has 0 spiro atoms. The molecular formula is C28H30FN5O5S. The molecule has 0 atom stereocenters. The Morgan fingerprint density at radius 1 is 1.02 bits per heavy atom. The number of fused-ring (bicyclic) bond motifs is 1. The summed E-state index contributed by atoms with van der Waals surface area (Å²) in [5.41, 5.74) is -0.0740. The first kappa shape index (κ1) is 27.4. The topological polar surface area (TPSA) is 124 Å². The number of halogens is 1. The summed E-state index contributed by atoms with van der Waals surface area (Å²) < 4.78 is 45.6. The first-order chi connectivity index (χ1) is 19.0. The highest BCUT2D eigenvalue weighted by molar-refractivity contribution is 7.92. The standard InChI is InChI=1S/C28H30FN5O5S/c1-5-20-24-23(25(32(4)26(20)35)30-22-13-10-16(3)14-21(22)29)27(36)34(18-11-12-18)28(37)33(24)19-9-7-8-17(15-19)31-40(38,39)6-2/h7-10,13-15,18,30-31H,5-6,11-12H2,1-4H3. The molecule has 0 unspecified atom stereocenters. The highest BCUT2D eigenvalue weighted by Gasteiger charge is 2.32. The molecule has 0 radical (unpaired) electrons. The number of aryl methyl sites for hydroxylation is 2. The van der Waals surface area contributed by atoms with Gasteiger partial charge in [-0.1, -0.05) is 19.1 Å². The molecule has 2 N–H and O–H groups in total. The third-order valence-corrected chi connectivity index (χ3v) is 8.42.